The molecule has 1 aromatic carbocycles. The van der Waals surface area contributed by atoms with Crippen LogP contribution >= 0.6 is 15.9 Å². The molecule has 7 heteroatoms. The van der Waals surface area contributed by atoms with Crippen molar-refractivity contribution in [1.29, 1.82) is 0 Å². The number of H-pyrrole nitrogens is 1. The molecule has 0 fully saturated rings. The highest BCUT2D eigenvalue weighted by Crippen LogP contribution is 2.10. The van der Waals surface area contributed by atoms with Crippen LogP contribution in [0, 0.1) is 5.82 Å². The molecule has 2 aromatic rings. The van der Waals surface area contributed by atoms with Gasteiger partial charge in [0.05, 0.1) is 6.42 Å². The van der Waals surface area contributed by atoms with E-state index in [0.29, 0.717) is 5.69 Å². The number of rotatable bonds is 3. The van der Waals surface area contributed by atoms with E-state index < -0.39 is 17.6 Å². The van der Waals surface area contributed by atoms with E-state index in [9.17, 15) is 14.0 Å². The second kappa shape index (κ2) is 6.33. The predicted molar refractivity (Wildman–Crippen MR) is 74.2 cm³/mol. The van der Waals surface area contributed by atoms with Crippen LogP contribution in [0.1, 0.15) is 16.1 Å². The third-order valence-electron chi connectivity index (χ3n) is 2.52. The summed E-state index contributed by atoms with van der Waals surface area (Å²) >= 11 is 3.19. The molecular weight excluding hydrogens is 329 g/mol. The number of halogens is 2. The Hall–Kier alpha value is -2.15. The minimum atomic E-state index is -0.505. The van der Waals surface area contributed by atoms with Crippen LogP contribution in [0.3, 0.4) is 0 Å². The van der Waals surface area contributed by atoms with Gasteiger partial charge in [-0.2, -0.15) is 0 Å². The van der Waals surface area contributed by atoms with Gasteiger partial charge in [0.25, 0.3) is 5.91 Å². The predicted octanol–water partition coefficient (Wildman–Crippen LogP) is 1.92. The lowest BCUT2D eigenvalue weighted by molar-refractivity contribution is -0.121. The van der Waals surface area contributed by atoms with E-state index in [2.05, 4.69) is 31.8 Å². The number of hydrogen-bond donors (Lipinski definition) is 3. The molecule has 0 radical (unpaired) electrons. The fraction of sp³-hybridized carbons (Fsp3) is 0.0769. The zero-order chi connectivity index (χ0) is 14.5. The summed E-state index contributed by atoms with van der Waals surface area (Å²) in [5.41, 5.74) is 5.02. The highest BCUT2D eigenvalue weighted by atomic mass is 79.9. The van der Waals surface area contributed by atoms with E-state index in [4.69, 9.17) is 0 Å². The van der Waals surface area contributed by atoms with Crippen molar-refractivity contribution in [2.24, 2.45) is 0 Å². The van der Waals surface area contributed by atoms with Crippen molar-refractivity contribution in [1.82, 2.24) is 15.8 Å². The van der Waals surface area contributed by atoms with Crippen molar-refractivity contribution in [3.8, 4) is 0 Å². The van der Waals surface area contributed by atoms with Crippen LogP contribution in [0.5, 0.6) is 0 Å². The van der Waals surface area contributed by atoms with Crippen LogP contribution < -0.4 is 10.9 Å². The number of hydrazine groups is 1. The molecule has 3 N–H and O–H groups in total. The summed E-state index contributed by atoms with van der Waals surface area (Å²) < 4.78 is 14.1. The Labute approximate surface area is 122 Å². The molecule has 0 unspecified atom stereocenters. The largest absolute Gasteiger partial charge is 0.356 e. The number of benzene rings is 1. The topological polar surface area (TPSA) is 74.0 Å². The molecule has 0 bridgehead atoms. The molecule has 2 rings (SSSR count). The minimum Gasteiger partial charge on any atom is -0.356 e. The first-order valence-corrected chi connectivity index (χ1v) is 6.52. The SMILES string of the molecule is O=C(Cc1ccccc1F)NNC(=O)c1cc(Br)c[nH]1. The Morgan fingerprint density at radius 1 is 1.25 bits per heavy atom. The molecule has 0 aliphatic heterocycles. The molecule has 5 nitrogen and oxygen atoms in total. The van der Waals surface area contributed by atoms with Crippen molar-refractivity contribution in [2.75, 3.05) is 0 Å². The van der Waals surface area contributed by atoms with E-state index in [0.717, 1.165) is 4.47 Å². The lowest BCUT2D eigenvalue weighted by atomic mass is 10.1. The Morgan fingerprint density at radius 2 is 2.00 bits per heavy atom. The minimum absolute atomic E-state index is 0.151. The maximum Gasteiger partial charge on any atom is 0.286 e. The van der Waals surface area contributed by atoms with E-state index >= 15 is 0 Å². The van der Waals surface area contributed by atoms with Crippen molar-refractivity contribution in [3.05, 3.63) is 58.1 Å². The molecule has 1 heterocycles. The van der Waals surface area contributed by atoms with Gasteiger partial charge in [0, 0.05) is 10.7 Å². The molecule has 104 valence electrons. The number of amides is 2. The van der Waals surface area contributed by atoms with Gasteiger partial charge in [-0.1, -0.05) is 18.2 Å². The average molecular weight is 340 g/mol. The normalized spacial score (nSPS) is 10.1. The van der Waals surface area contributed by atoms with E-state index in [1.807, 2.05) is 0 Å². The van der Waals surface area contributed by atoms with Crippen LogP contribution in [-0.4, -0.2) is 16.8 Å². The number of hydrogen-bond acceptors (Lipinski definition) is 2. The summed E-state index contributed by atoms with van der Waals surface area (Å²) in [7, 11) is 0. The number of aromatic nitrogens is 1. The highest BCUT2D eigenvalue weighted by Gasteiger charge is 2.11. The fourth-order valence-corrected chi connectivity index (χ4v) is 1.90. The Bertz CT molecular complexity index is 642. The first-order valence-electron chi connectivity index (χ1n) is 5.73. The van der Waals surface area contributed by atoms with Crippen molar-refractivity contribution in [2.45, 2.75) is 6.42 Å². The molecule has 0 spiro atoms. The van der Waals surface area contributed by atoms with Crippen molar-refractivity contribution in [3.63, 3.8) is 0 Å². The van der Waals surface area contributed by atoms with Gasteiger partial charge in [-0.25, -0.2) is 4.39 Å². The summed E-state index contributed by atoms with van der Waals surface area (Å²) in [6, 6.07) is 7.54. The molecule has 0 saturated carbocycles. The van der Waals surface area contributed by atoms with Crippen LogP contribution in [0.25, 0.3) is 0 Å². The maximum absolute atomic E-state index is 13.3. The van der Waals surface area contributed by atoms with Gasteiger partial charge in [-0.05, 0) is 33.6 Å². The quantitative estimate of drug-likeness (QED) is 0.747. The van der Waals surface area contributed by atoms with Crippen molar-refractivity contribution < 1.29 is 14.0 Å². The first-order chi connectivity index (χ1) is 9.56. The highest BCUT2D eigenvalue weighted by molar-refractivity contribution is 9.10. The lowest BCUT2D eigenvalue weighted by Crippen LogP contribution is -2.42. The van der Waals surface area contributed by atoms with Crippen LogP contribution in [0.15, 0.2) is 41.0 Å². The van der Waals surface area contributed by atoms with Crippen molar-refractivity contribution >= 4 is 27.7 Å². The Balaban J connectivity index is 1.87. The third kappa shape index (κ3) is 3.67. The second-order valence-electron chi connectivity index (χ2n) is 4.00. The van der Waals surface area contributed by atoms with Crippen LogP contribution in [0.4, 0.5) is 4.39 Å². The number of carbonyl (C=O) groups excluding carboxylic acids is 2. The molecule has 20 heavy (non-hydrogen) atoms. The number of nitrogens with one attached hydrogen (secondary N) is 3. The van der Waals surface area contributed by atoms with Gasteiger partial charge in [0.1, 0.15) is 11.5 Å². The Kier molecular flexibility index (Phi) is 4.52. The van der Waals surface area contributed by atoms with Gasteiger partial charge in [0.2, 0.25) is 5.91 Å². The first kappa shape index (κ1) is 14.3. The monoisotopic (exact) mass is 339 g/mol. The number of aromatic amines is 1. The summed E-state index contributed by atoms with van der Waals surface area (Å²) in [6.07, 6.45) is 1.44. The fourth-order valence-electron chi connectivity index (χ4n) is 1.55. The standard InChI is InChI=1S/C13H11BrFN3O2/c14-9-6-11(16-7-9)13(20)18-17-12(19)5-8-3-1-2-4-10(8)15/h1-4,6-7,16H,5H2,(H,17,19)(H,18,20). The molecular formula is C13H11BrFN3O2. The van der Waals surface area contributed by atoms with E-state index in [-0.39, 0.29) is 12.0 Å². The smallest absolute Gasteiger partial charge is 0.286 e. The maximum atomic E-state index is 13.3. The summed E-state index contributed by atoms with van der Waals surface area (Å²) in [5, 5.41) is 0. The number of carbonyl (C=O) groups is 2. The Morgan fingerprint density at radius 3 is 2.65 bits per heavy atom. The zero-order valence-corrected chi connectivity index (χ0v) is 11.8. The molecule has 0 atom stereocenters. The van der Waals surface area contributed by atoms with E-state index in [1.54, 1.807) is 24.4 Å². The zero-order valence-electron chi connectivity index (χ0n) is 10.2. The summed E-state index contributed by atoms with van der Waals surface area (Å²) in [6.45, 7) is 0. The van der Waals surface area contributed by atoms with Gasteiger partial charge >= 0.3 is 0 Å². The van der Waals surface area contributed by atoms with Crippen LogP contribution in [0.2, 0.25) is 0 Å². The van der Waals surface area contributed by atoms with Gasteiger partial charge in [0.15, 0.2) is 0 Å². The molecule has 1 aromatic heterocycles. The lowest BCUT2D eigenvalue weighted by Gasteiger charge is -2.06. The molecule has 0 aliphatic rings. The van der Waals surface area contributed by atoms with Crippen LogP contribution in [-0.2, 0) is 11.2 Å². The third-order valence-corrected chi connectivity index (χ3v) is 2.97. The summed E-state index contributed by atoms with van der Waals surface area (Å²) in [5.74, 6) is -1.45. The van der Waals surface area contributed by atoms with Gasteiger partial charge < -0.3 is 4.98 Å². The summed E-state index contributed by atoms with van der Waals surface area (Å²) in [4.78, 5) is 25.9. The van der Waals surface area contributed by atoms with Gasteiger partial charge in [-0.15, -0.1) is 0 Å². The molecule has 2 amide bonds. The van der Waals surface area contributed by atoms with E-state index in [1.165, 1.54) is 12.1 Å². The average Bonchev–Trinajstić information content (AvgIpc) is 2.85. The van der Waals surface area contributed by atoms with Gasteiger partial charge in [-0.3, -0.25) is 20.4 Å². The molecule has 0 saturated heterocycles. The second-order valence-corrected chi connectivity index (χ2v) is 4.92. The molecule has 0 aliphatic carbocycles.